The third-order valence-corrected chi connectivity index (χ3v) is 4.30. The van der Waals surface area contributed by atoms with E-state index in [9.17, 15) is 22.8 Å². The molecule has 0 bridgehead atoms. The highest BCUT2D eigenvalue weighted by Gasteiger charge is 2.51. The topological polar surface area (TPSA) is 62.3 Å². The molecule has 1 fully saturated rings. The fourth-order valence-electron chi connectivity index (χ4n) is 3.04. The SMILES string of the molecule is CC1(C)CN(C(=O)CNC(=O)c2cccnc2)CCC1C(F)(F)F. The van der Waals surface area contributed by atoms with Gasteiger partial charge in [-0.05, 0) is 24.0 Å². The highest BCUT2D eigenvalue weighted by atomic mass is 19.4. The van der Waals surface area contributed by atoms with Crippen molar-refractivity contribution in [1.82, 2.24) is 15.2 Å². The number of aromatic nitrogens is 1. The summed E-state index contributed by atoms with van der Waals surface area (Å²) in [4.78, 5) is 29.3. The van der Waals surface area contributed by atoms with E-state index in [-0.39, 0.29) is 32.0 Å². The summed E-state index contributed by atoms with van der Waals surface area (Å²) in [5.74, 6) is -2.26. The molecular formula is C16H20F3N3O2. The predicted molar refractivity (Wildman–Crippen MR) is 81.1 cm³/mol. The molecule has 1 atom stereocenters. The fourth-order valence-corrected chi connectivity index (χ4v) is 3.04. The molecule has 0 saturated carbocycles. The molecule has 1 aliphatic heterocycles. The van der Waals surface area contributed by atoms with Gasteiger partial charge in [0.1, 0.15) is 0 Å². The van der Waals surface area contributed by atoms with Crippen LogP contribution >= 0.6 is 0 Å². The number of hydrogen-bond acceptors (Lipinski definition) is 3. The number of piperidine rings is 1. The van der Waals surface area contributed by atoms with Crippen LogP contribution in [0.1, 0.15) is 30.6 Å². The normalized spacial score (nSPS) is 20.5. The zero-order valence-electron chi connectivity index (χ0n) is 13.6. The van der Waals surface area contributed by atoms with Gasteiger partial charge < -0.3 is 10.2 Å². The minimum atomic E-state index is -4.27. The summed E-state index contributed by atoms with van der Waals surface area (Å²) in [6.07, 6.45) is -1.50. The van der Waals surface area contributed by atoms with Crippen molar-refractivity contribution in [2.75, 3.05) is 19.6 Å². The zero-order valence-corrected chi connectivity index (χ0v) is 13.6. The van der Waals surface area contributed by atoms with Gasteiger partial charge in [0.25, 0.3) is 5.91 Å². The second kappa shape index (κ2) is 6.78. The summed E-state index contributed by atoms with van der Waals surface area (Å²) in [5, 5.41) is 2.47. The molecule has 5 nitrogen and oxygen atoms in total. The fraction of sp³-hybridized carbons (Fsp3) is 0.562. The number of pyridine rings is 1. The summed E-state index contributed by atoms with van der Waals surface area (Å²) < 4.78 is 39.1. The number of amides is 2. The Balaban J connectivity index is 1.91. The minimum Gasteiger partial charge on any atom is -0.343 e. The third kappa shape index (κ3) is 4.24. The van der Waals surface area contributed by atoms with Crippen LogP contribution in [0.5, 0.6) is 0 Å². The Hall–Kier alpha value is -2.12. The van der Waals surface area contributed by atoms with Crippen molar-refractivity contribution in [3.63, 3.8) is 0 Å². The van der Waals surface area contributed by atoms with Crippen LogP contribution in [0.4, 0.5) is 13.2 Å². The average molecular weight is 343 g/mol. The summed E-state index contributed by atoms with van der Waals surface area (Å²) in [6.45, 7) is 2.83. The lowest BCUT2D eigenvalue weighted by Crippen LogP contribution is -2.54. The molecule has 8 heteroatoms. The standard InChI is InChI=1S/C16H20F3N3O2/c1-15(2)10-22(7-5-12(15)16(17,18)19)13(23)9-21-14(24)11-4-3-6-20-8-11/h3-4,6,8,12H,5,7,9-10H2,1-2H3,(H,21,24). The first-order valence-electron chi connectivity index (χ1n) is 7.64. The monoisotopic (exact) mass is 343 g/mol. The van der Waals surface area contributed by atoms with Crippen LogP contribution in [0, 0.1) is 11.3 Å². The molecular weight excluding hydrogens is 323 g/mol. The number of halogens is 3. The van der Waals surface area contributed by atoms with Crippen molar-refractivity contribution < 1.29 is 22.8 Å². The smallest absolute Gasteiger partial charge is 0.343 e. The van der Waals surface area contributed by atoms with Crippen molar-refractivity contribution in [3.05, 3.63) is 30.1 Å². The van der Waals surface area contributed by atoms with Crippen LogP contribution in [0.3, 0.4) is 0 Å². The highest BCUT2D eigenvalue weighted by molar-refractivity contribution is 5.96. The first-order chi connectivity index (χ1) is 11.1. The van der Waals surface area contributed by atoms with Gasteiger partial charge in [0.05, 0.1) is 18.0 Å². The lowest BCUT2D eigenvalue weighted by molar-refractivity contribution is -0.217. The molecule has 1 unspecified atom stereocenters. The van der Waals surface area contributed by atoms with Gasteiger partial charge in [-0.3, -0.25) is 14.6 Å². The van der Waals surface area contributed by atoms with Gasteiger partial charge in [-0.1, -0.05) is 13.8 Å². The molecule has 1 aliphatic rings. The van der Waals surface area contributed by atoms with Crippen LogP contribution in [-0.2, 0) is 4.79 Å². The number of likely N-dealkylation sites (tertiary alicyclic amines) is 1. The molecule has 1 N–H and O–H groups in total. The number of rotatable bonds is 3. The van der Waals surface area contributed by atoms with Crippen LogP contribution < -0.4 is 5.32 Å². The van der Waals surface area contributed by atoms with Crippen LogP contribution in [-0.4, -0.2) is 47.5 Å². The van der Waals surface area contributed by atoms with Crippen LogP contribution in [0.15, 0.2) is 24.5 Å². The molecule has 0 aromatic carbocycles. The Morgan fingerprint density at radius 1 is 1.42 bits per heavy atom. The van der Waals surface area contributed by atoms with Crippen molar-refractivity contribution in [3.8, 4) is 0 Å². The number of alkyl halides is 3. The van der Waals surface area contributed by atoms with Gasteiger partial charge in [0.15, 0.2) is 0 Å². The second-order valence-electron chi connectivity index (χ2n) is 6.61. The average Bonchev–Trinajstić information content (AvgIpc) is 2.50. The van der Waals surface area contributed by atoms with E-state index in [1.54, 1.807) is 12.1 Å². The van der Waals surface area contributed by atoms with Gasteiger partial charge in [0, 0.05) is 25.5 Å². The maximum absolute atomic E-state index is 13.0. The van der Waals surface area contributed by atoms with Gasteiger partial charge in [-0.25, -0.2) is 0 Å². The van der Waals surface area contributed by atoms with Crippen LogP contribution in [0.25, 0.3) is 0 Å². The van der Waals surface area contributed by atoms with E-state index in [0.717, 1.165) is 0 Å². The zero-order chi connectivity index (χ0) is 18.0. The van der Waals surface area contributed by atoms with E-state index < -0.39 is 23.4 Å². The van der Waals surface area contributed by atoms with E-state index >= 15 is 0 Å². The van der Waals surface area contributed by atoms with Crippen LogP contribution in [0.2, 0.25) is 0 Å². The molecule has 24 heavy (non-hydrogen) atoms. The number of carbonyl (C=O) groups excluding carboxylic acids is 2. The summed E-state index contributed by atoms with van der Waals surface area (Å²) >= 11 is 0. The van der Waals surface area contributed by atoms with Gasteiger partial charge >= 0.3 is 6.18 Å². The Labute approximate surface area is 138 Å². The van der Waals surface area contributed by atoms with E-state index in [0.29, 0.717) is 5.56 Å². The lowest BCUT2D eigenvalue weighted by Gasteiger charge is -2.44. The van der Waals surface area contributed by atoms with E-state index in [1.807, 2.05) is 0 Å². The Morgan fingerprint density at radius 3 is 2.67 bits per heavy atom. The van der Waals surface area contributed by atoms with Gasteiger partial charge in [-0.2, -0.15) is 13.2 Å². The molecule has 2 rings (SSSR count). The molecule has 1 aromatic heterocycles. The number of nitrogens with one attached hydrogen (secondary N) is 1. The number of nitrogens with zero attached hydrogens (tertiary/aromatic N) is 2. The Kier molecular flexibility index (Phi) is 5.15. The molecule has 1 saturated heterocycles. The lowest BCUT2D eigenvalue weighted by atomic mass is 9.73. The second-order valence-corrected chi connectivity index (χ2v) is 6.61. The van der Waals surface area contributed by atoms with E-state index in [1.165, 1.54) is 31.1 Å². The first-order valence-corrected chi connectivity index (χ1v) is 7.64. The molecule has 132 valence electrons. The van der Waals surface area contributed by atoms with Crippen molar-refractivity contribution in [2.45, 2.75) is 26.4 Å². The Bertz CT molecular complexity index is 602. The first kappa shape index (κ1) is 18.2. The van der Waals surface area contributed by atoms with E-state index in [4.69, 9.17) is 0 Å². The van der Waals surface area contributed by atoms with Gasteiger partial charge in [0.2, 0.25) is 5.91 Å². The van der Waals surface area contributed by atoms with Crippen molar-refractivity contribution >= 4 is 11.8 Å². The molecule has 0 aliphatic carbocycles. The molecule has 0 radical (unpaired) electrons. The quantitative estimate of drug-likeness (QED) is 0.916. The molecule has 1 aromatic rings. The minimum absolute atomic E-state index is 0.0127. The predicted octanol–water partition coefficient (Wildman–Crippen LogP) is 2.25. The maximum atomic E-state index is 13.0. The maximum Gasteiger partial charge on any atom is 0.392 e. The summed E-state index contributed by atoms with van der Waals surface area (Å²) in [6, 6.07) is 3.16. The number of hydrogen-bond donors (Lipinski definition) is 1. The largest absolute Gasteiger partial charge is 0.392 e. The number of carbonyl (C=O) groups is 2. The Morgan fingerprint density at radius 2 is 2.12 bits per heavy atom. The highest BCUT2D eigenvalue weighted by Crippen LogP contribution is 2.44. The van der Waals surface area contributed by atoms with E-state index in [2.05, 4.69) is 10.3 Å². The summed E-state index contributed by atoms with van der Waals surface area (Å²) in [7, 11) is 0. The van der Waals surface area contributed by atoms with Gasteiger partial charge in [-0.15, -0.1) is 0 Å². The third-order valence-electron chi connectivity index (χ3n) is 4.30. The summed E-state index contributed by atoms with van der Waals surface area (Å²) in [5.41, 5.74) is -0.735. The molecule has 0 spiro atoms. The van der Waals surface area contributed by atoms with Crippen molar-refractivity contribution in [2.24, 2.45) is 11.3 Å². The molecule has 2 amide bonds. The molecule has 2 heterocycles. The van der Waals surface area contributed by atoms with Crippen molar-refractivity contribution in [1.29, 1.82) is 0 Å².